The molecule has 0 saturated carbocycles. The van der Waals surface area contributed by atoms with E-state index in [1.165, 1.54) is 0 Å². The van der Waals surface area contributed by atoms with Crippen molar-refractivity contribution in [1.82, 2.24) is 9.97 Å². The zero-order valence-electron chi connectivity index (χ0n) is 9.84. The molecule has 1 aromatic heterocycles. The highest BCUT2D eigenvalue weighted by atomic mass is 35.5. The van der Waals surface area contributed by atoms with Crippen molar-refractivity contribution < 1.29 is 0 Å². The molecule has 0 spiro atoms. The van der Waals surface area contributed by atoms with Crippen LogP contribution in [0.1, 0.15) is 11.1 Å². The summed E-state index contributed by atoms with van der Waals surface area (Å²) in [4.78, 5) is 10.1. The van der Waals surface area contributed by atoms with Gasteiger partial charge in [0.05, 0.1) is 11.6 Å². The SMILES string of the molecule is CN(Cc1cccc(C#N)c1)c1nccnc1Cl. The van der Waals surface area contributed by atoms with E-state index in [-0.39, 0.29) is 0 Å². The Morgan fingerprint density at radius 3 is 2.83 bits per heavy atom. The van der Waals surface area contributed by atoms with Crippen molar-refractivity contribution >= 4 is 17.4 Å². The third-order valence-electron chi connectivity index (χ3n) is 2.47. The number of anilines is 1. The molecular formula is C13H11ClN4. The van der Waals surface area contributed by atoms with Gasteiger partial charge in [0.25, 0.3) is 0 Å². The Kier molecular flexibility index (Phi) is 3.75. The van der Waals surface area contributed by atoms with Gasteiger partial charge in [0.1, 0.15) is 0 Å². The summed E-state index contributed by atoms with van der Waals surface area (Å²) in [5.41, 5.74) is 1.67. The molecule has 0 atom stereocenters. The van der Waals surface area contributed by atoms with E-state index in [1.807, 2.05) is 30.1 Å². The van der Waals surface area contributed by atoms with E-state index in [4.69, 9.17) is 16.9 Å². The monoisotopic (exact) mass is 258 g/mol. The minimum Gasteiger partial charge on any atom is -0.353 e. The van der Waals surface area contributed by atoms with E-state index in [2.05, 4.69) is 16.0 Å². The number of rotatable bonds is 3. The molecule has 5 heteroatoms. The van der Waals surface area contributed by atoms with Gasteiger partial charge < -0.3 is 4.90 Å². The first kappa shape index (κ1) is 12.3. The molecule has 0 saturated heterocycles. The van der Waals surface area contributed by atoms with Crippen molar-refractivity contribution in [1.29, 1.82) is 5.26 Å². The molecule has 1 aromatic carbocycles. The van der Waals surface area contributed by atoms with Crippen molar-refractivity contribution in [2.24, 2.45) is 0 Å². The number of benzene rings is 1. The van der Waals surface area contributed by atoms with Crippen molar-refractivity contribution in [3.63, 3.8) is 0 Å². The zero-order valence-corrected chi connectivity index (χ0v) is 10.6. The summed E-state index contributed by atoms with van der Waals surface area (Å²) in [5.74, 6) is 0.626. The van der Waals surface area contributed by atoms with Crippen LogP contribution in [-0.2, 0) is 6.54 Å². The van der Waals surface area contributed by atoms with Crippen molar-refractivity contribution in [2.75, 3.05) is 11.9 Å². The molecular weight excluding hydrogens is 248 g/mol. The highest BCUT2D eigenvalue weighted by Gasteiger charge is 2.08. The van der Waals surface area contributed by atoms with Crippen molar-refractivity contribution in [3.8, 4) is 6.07 Å². The first-order valence-corrected chi connectivity index (χ1v) is 5.75. The smallest absolute Gasteiger partial charge is 0.171 e. The lowest BCUT2D eigenvalue weighted by atomic mass is 10.1. The quantitative estimate of drug-likeness (QED) is 0.849. The third kappa shape index (κ3) is 2.76. The van der Waals surface area contributed by atoms with Gasteiger partial charge in [0.2, 0.25) is 0 Å². The number of nitrogens with zero attached hydrogens (tertiary/aromatic N) is 4. The number of halogens is 1. The maximum Gasteiger partial charge on any atom is 0.171 e. The molecule has 0 aliphatic rings. The van der Waals surface area contributed by atoms with Crippen LogP contribution in [0.5, 0.6) is 0 Å². The third-order valence-corrected chi connectivity index (χ3v) is 2.74. The fourth-order valence-corrected chi connectivity index (χ4v) is 1.91. The average Bonchev–Trinajstić information content (AvgIpc) is 2.39. The van der Waals surface area contributed by atoms with Crippen LogP contribution in [0.3, 0.4) is 0 Å². The normalized spacial score (nSPS) is 9.83. The molecule has 0 N–H and O–H groups in total. The van der Waals surface area contributed by atoms with E-state index in [0.29, 0.717) is 23.1 Å². The Morgan fingerprint density at radius 2 is 2.11 bits per heavy atom. The maximum atomic E-state index is 8.85. The second-order valence-electron chi connectivity index (χ2n) is 3.84. The van der Waals surface area contributed by atoms with Crippen LogP contribution in [0.4, 0.5) is 5.82 Å². The fourth-order valence-electron chi connectivity index (χ4n) is 1.66. The summed E-state index contributed by atoms with van der Waals surface area (Å²) in [6.07, 6.45) is 3.15. The highest BCUT2D eigenvalue weighted by molar-refractivity contribution is 6.31. The lowest BCUT2D eigenvalue weighted by Gasteiger charge is -2.18. The fraction of sp³-hybridized carbons (Fsp3) is 0.154. The average molecular weight is 259 g/mol. The molecule has 90 valence electrons. The van der Waals surface area contributed by atoms with Gasteiger partial charge in [-0.25, -0.2) is 9.97 Å². The van der Waals surface area contributed by atoms with E-state index < -0.39 is 0 Å². The van der Waals surface area contributed by atoms with Gasteiger partial charge in [-0.2, -0.15) is 5.26 Å². The summed E-state index contributed by atoms with van der Waals surface area (Å²) in [7, 11) is 1.88. The van der Waals surface area contributed by atoms with Gasteiger partial charge in [0, 0.05) is 26.0 Å². The highest BCUT2D eigenvalue weighted by Crippen LogP contribution is 2.20. The predicted molar refractivity (Wildman–Crippen MR) is 70.3 cm³/mol. The van der Waals surface area contributed by atoms with Crippen molar-refractivity contribution in [3.05, 3.63) is 52.9 Å². The molecule has 0 unspecified atom stereocenters. The summed E-state index contributed by atoms with van der Waals surface area (Å²) in [5, 5.41) is 9.22. The molecule has 0 amide bonds. The summed E-state index contributed by atoms with van der Waals surface area (Å²) < 4.78 is 0. The van der Waals surface area contributed by atoms with Crippen LogP contribution in [0.15, 0.2) is 36.7 Å². The summed E-state index contributed by atoms with van der Waals surface area (Å²) >= 11 is 5.98. The van der Waals surface area contributed by atoms with Crippen LogP contribution in [0, 0.1) is 11.3 Å². The Hall–Kier alpha value is -2.12. The standard InChI is InChI=1S/C13H11ClN4/c1-18(13-12(14)16-5-6-17-13)9-11-4-2-3-10(7-11)8-15/h2-7H,9H2,1H3. The van der Waals surface area contributed by atoms with Crippen LogP contribution >= 0.6 is 11.6 Å². The minimum atomic E-state index is 0.372. The van der Waals surface area contributed by atoms with Gasteiger partial charge in [-0.3, -0.25) is 0 Å². The maximum absolute atomic E-state index is 8.85. The topological polar surface area (TPSA) is 52.8 Å². The zero-order chi connectivity index (χ0) is 13.0. The number of hydrogen-bond acceptors (Lipinski definition) is 4. The van der Waals surface area contributed by atoms with Crippen molar-refractivity contribution in [2.45, 2.75) is 6.54 Å². The number of aromatic nitrogens is 2. The molecule has 2 rings (SSSR count). The second-order valence-corrected chi connectivity index (χ2v) is 4.20. The molecule has 1 heterocycles. The van der Waals surface area contributed by atoms with Gasteiger partial charge in [0.15, 0.2) is 11.0 Å². The van der Waals surface area contributed by atoms with E-state index >= 15 is 0 Å². The van der Waals surface area contributed by atoms with Crippen LogP contribution in [0.2, 0.25) is 5.15 Å². The lowest BCUT2D eigenvalue weighted by molar-refractivity contribution is 0.890. The minimum absolute atomic E-state index is 0.372. The van der Waals surface area contributed by atoms with Gasteiger partial charge in [-0.05, 0) is 17.7 Å². The largest absolute Gasteiger partial charge is 0.353 e. The van der Waals surface area contributed by atoms with Crippen LogP contribution in [0.25, 0.3) is 0 Å². The Balaban J connectivity index is 2.19. The van der Waals surface area contributed by atoms with Gasteiger partial charge in [-0.15, -0.1) is 0 Å². The Labute approximate surface area is 110 Å². The van der Waals surface area contributed by atoms with E-state index in [0.717, 1.165) is 5.56 Å². The molecule has 0 fully saturated rings. The first-order valence-electron chi connectivity index (χ1n) is 5.37. The molecule has 0 aliphatic heterocycles. The second kappa shape index (κ2) is 5.48. The molecule has 0 aliphatic carbocycles. The first-order chi connectivity index (χ1) is 8.70. The molecule has 0 radical (unpaired) electrons. The van der Waals surface area contributed by atoms with Gasteiger partial charge in [-0.1, -0.05) is 23.7 Å². The Bertz CT molecular complexity index is 592. The molecule has 2 aromatic rings. The number of hydrogen-bond donors (Lipinski definition) is 0. The van der Waals surface area contributed by atoms with Crippen LogP contribution in [-0.4, -0.2) is 17.0 Å². The lowest BCUT2D eigenvalue weighted by Crippen LogP contribution is -2.18. The van der Waals surface area contributed by atoms with Gasteiger partial charge >= 0.3 is 0 Å². The number of nitriles is 1. The molecule has 0 bridgehead atoms. The van der Waals surface area contributed by atoms with E-state index in [9.17, 15) is 0 Å². The predicted octanol–water partition coefficient (Wildman–Crippen LogP) is 2.64. The Morgan fingerprint density at radius 1 is 1.33 bits per heavy atom. The van der Waals surface area contributed by atoms with E-state index in [1.54, 1.807) is 18.5 Å². The molecule has 18 heavy (non-hydrogen) atoms. The van der Waals surface area contributed by atoms with Crippen LogP contribution < -0.4 is 4.90 Å². The summed E-state index contributed by atoms with van der Waals surface area (Å²) in [6, 6.07) is 9.56. The molecule has 4 nitrogen and oxygen atoms in total. The summed E-state index contributed by atoms with van der Waals surface area (Å²) in [6.45, 7) is 0.619.